The number of halogens is 1. The average Bonchev–Trinajstić information content (AvgIpc) is 1.78. The maximum absolute atomic E-state index is 11.1. The molecular formula is C6H14ClNO2S. The van der Waals surface area contributed by atoms with Gasteiger partial charge >= 0.3 is 0 Å². The summed E-state index contributed by atoms with van der Waals surface area (Å²) in [6.07, 6.45) is 1.57. The summed E-state index contributed by atoms with van der Waals surface area (Å²) in [4.78, 5) is 0. The third-order valence-corrected chi connectivity index (χ3v) is 4.36. The number of sulfone groups is 1. The highest BCUT2D eigenvalue weighted by Gasteiger charge is 2.28. The van der Waals surface area contributed by atoms with E-state index in [1.54, 1.807) is 6.92 Å². The second-order valence-electron chi connectivity index (χ2n) is 2.98. The van der Waals surface area contributed by atoms with E-state index in [0.29, 0.717) is 0 Å². The zero-order valence-electron chi connectivity index (χ0n) is 6.49. The fraction of sp³-hybridized carbons (Fsp3) is 1.00. The summed E-state index contributed by atoms with van der Waals surface area (Å²) in [5, 5.41) is -0.174. The normalized spacial score (nSPS) is 35.8. The van der Waals surface area contributed by atoms with Crippen LogP contribution in [0.25, 0.3) is 0 Å². The van der Waals surface area contributed by atoms with Gasteiger partial charge in [-0.05, 0) is 19.8 Å². The highest BCUT2D eigenvalue weighted by Crippen LogP contribution is 2.17. The summed E-state index contributed by atoms with van der Waals surface area (Å²) in [5.74, 6) is 0.175. The fourth-order valence-electron chi connectivity index (χ4n) is 1.17. The molecule has 3 nitrogen and oxygen atoms in total. The highest BCUT2D eigenvalue weighted by molar-refractivity contribution is 7.92. The molecular weight excluding hydrogens is 186 g/mol. The van der Waals surface area contributed by atoms with E-state index < -0.39 is 9.84 Å². The van der Waals surface area contributed by atoms with E-state index in [4.69, 9.17) is 5.73 Å². The SMILES string of the molecule is CC1CCC(N)CS1(=O)=O.Cl. The Morgan fingerprint density at radius 1 is 1.36 bits per heavy atom. The molecule has 0 aromatic heterocycles. The van der Waals surface area contributed by atoms with Crippen LogP contribution in [0.2, 0.25) is 0 Å². The smallest absolute Gasteiger partial charge is 0.154 e. The first kappa shape index (κ1) is 11.2. The lowest BCUT2D eigenvalue weighted by Gasteiger charge is -2.23. The predicted molar refractivity (Wildman–Crippen MR) is 47.7 cm³/mol. The fourth-order valence-corrected chi connectivity index (χ4v) is 2.76. The average molecular weight is 200 g/mol. The minimum absolute atomic E-state index is 0. The molecule has 1 heterocycles. The van der Waals surface area contributed by atoms with E-state index in [-0.39, 0.29) is 29.5 Å². The van der Waals surface area contributed by atoms with E-state index in [9.17, 15) is 8.42 Å². The Bertz CT molecular complexity index is 215. The number of hydrogen-bond donors (Lipinski definition) is 1. The summed E-state index contributed by atoms with van der Waals surface area (Å²) in [6.45, 7) is 1.75. The highest BCUT2D eigenvalue weighted by atomic mass is 35.5. The topological polar surface area (TPSA) is 60.2 Å². The van der Waals surface area contributed by atoms with Gasteiger partial charge in [0.05, 0.1) is 11.0 Å². The van der Waals surface area contributed by atoms with Crippen LogP contribution in [0.5, 0.6) is 0 Å². The van der Waals surface area contributed by atoms with Gasteiger partial charge in [-0.15, -0.1) is 12.4 Å². The van der Waals surface area contributed by atoms with Crippen molar-refractivity contribution in [3.63, 3.8) is 0 Å². The van der Waals surface area contributed by atoms with Crippen LogP contribution in [-0.4, -0.2) is 25.5 Å². The molecule has 1 aliphatic heterocycles. The molecule has 68 valence electrons. The molecule has 0 spiro atoms. The van der Waals surface area contributed by atoms with E-state index in [2.05, 4.69) is 0 Å². The molecule has 2 N–H and O–H groups in total. The Hall–Kier alpha value is 0.200. The van der Waals surface area contributed by atoms with Crippen LogP contribution in [0.1, 0.15) is 19.8 Å². The summed E-state index contributed by atoms with van der Waals surface area (Å²) in [5.41, 5.74) is 5.49. The first-order valence-electron chi connectivity index (χ1n) is 3.49. The third kappa shape index (κ3) is 2.61. The van der Waals surface area contributed by atoms with Gasteiger partial charge in [-0.3, -0.25) is 0 Å². The number of rotatable bonds is 0. The monoisotopic (exact) mass is 199 g/mol. The summed E-state index contributed by atoms with van der Waals surface area (Å²) in [6, 6.07) is -0.124. The van der Waals surface area contributed by atoms with Gasteiger partial charge in [-0.1, -0.05) is 0 Å². The van der Waals surface area contributed by atoms with Crippen molar-refractivity contribution in [1.82, 2.24) is 0 Å². The van der Waals surface area contributed by atoms with Crippen molar-refractivity contribution in [3.8, 4) is 0 Å². The Balaban J connectivity index is 0.000001000. The summed E-state index contributed by atoms with van der Waals surface area (Å²) in [7, 11) is -2.84. The van der Waals surface area contributed by atoms with E-state index in [0.717, 1.165) is 12.8 Å². The van der Waals surface area contributed by atoms with Crippen molar-refractivity contribution in [1.29, 1.82) is 0 Å². The maximum Gasteiger partial charge on any atom is 0.154 e. The van der Waals surface area contributed by atoms with Crippen LogP contribution in [0.4, 0.5) is 0 Å². The minimum Gasteiger partial charge on any atom is -0.327 e. The lowest BCUT2D eigenvalue weighted by atomic mass is 10.1. The molecule has 11 heavy (non-hydrogen) atoms. The van der Waals surface area contributed by atoms with Crippen LogP contribution in [0.15, 0.2) is 0 Å². The number of hydrogen-bond acceptors (Lipinski definition) is 3. The quantitative estimate of drug-likeness (QED) is 0.612. The molecule has 0 amide bonds. The van der Waals surface area contributed by atoms with Gasteiger partial charge in [-0.25, -0.2) is 8.42 Å². The first-order chi connectivity index (χ1) is 4.52. The Morgan fingerprint density at radius 3 is 2.27 bits per heavy atom. The van der Waals surface area contributed by atoms with Crippen LogP contribution >= 0.6 is 12.4 Å². The second kappa shape index (κ2) is 3.74. The van der Waals surface area contributed by atoms with Gasteiger partial charge in [0.25, 0.3) is 0 Å². The van der Waals surface area contributed by atoms with Gasteiger partial charge in [0.1, 0.15) is 0 Å². The molecule has 0 aromatic rings. The summed E-state index contributed by atoms with van der Waals surface area (Å²) >= 11 is 0. The van der Waals surface area contributed by atoms with Gasteiger partial charge in [-0.2, -0.15) is 0 Å². The Labute approximate surface area is 73.7 Å². The first-order valence-corrected chi connectivity index (χ1v) is 5.21. The van der Waals surface area contributed by atoms with Crippen molar-refractivity contribution < 1.29 is 8.42 Å². The van der Waals surface area contributed by atoms with Gasteiger partial charge in [0, 0.05) is 6.04 Å². The zero-order valence-corrected chi connectivity index (χ0v) is 8.12. The molecule has 5 heteroatoms. The van der Waals surface area contributed by atoms with E-state index >= 15 is 0 Å². The second-order valence-corrected chi connectivity index (χ2v) is 5.44. The minimum atomic E-state index is -2.84. The summed E-state index contributed by atoms with van der Waals surface area (Å²) < 4.78 is 22.2. The molecule has 0 aliphatic carbocycles. The zero-order chi connectivity index (χ0) is 7.78. The van der Waals surface area contributed by atoms with Gasteiger partial charge < -0.3 is 5.73 Å². The van der Waals surface area contributed by atoms with Crippen molar-refractivity contribution in [2.24, 2.45) is 5.73 Å². The molecule has 0 radical (unpaired) electrons. The molecule has 1 saturated heterocycles. The standard InChI is InChI=1S/C6H13NO2S.ClH/c1-5-2-3-6(7)4-10(5,8)9;/h5-6H,2-4,7H2,1H3;1H. The predicted octanol–water partition coefficient (Wildman–Crippen LogP) is 0.333. The molecule has 2 unspecified atom stereocenters. The lowest BCUT2D eigenvalue weighted by Crippen LogP contribution is -2.39. The Morgan fingerprint density at radius 2 is 1.91 bits per heavy atom. The van der Waals surface area contributed by atoms with E-state index in [1.807, 2.05) is 0 Å². The van der Waals surface area contributed by atoms with Crippen molar-refractivity contribution >= 4 is 22.2 Å². The molecule has 2 atom stereocenters. The van der Waals surface area contributed by atoms with Crippen LogP contribution in [0, 0.1) is 0 Å². The Kier molecular flexibility index (Phi) is 3.80. The van der Waals surface area contributed by atoms with Crippen molar-refractivity contribution in [3.05, 3.63) is 0 Å². The lowest BCUT2D eigenvalue weighted by molar-refractivity contribution is 0.522. The van der Waals surface area contributed by atoms with Gasteiger partial charge in [0.2, 0.25) is 0 Å². The molecule has 1 fully saturated rings. The molecule has 1 rings (SSSR count). The third-order valence-electron chi connectivity index (χ3n) is 2.00. The molecule has 0 bridgehead atoms. The van der Waals surface area contributed by atoms with E-state index in [1.165, 1.54) is 0 Å². The molecule has 1 aliphatic rings. The maximum atomic E-state index is 11.1. The van der Waals surface area contributed by atoms with Crippen molar-refractivity contribution in [2.45, 2.75) is 31.1 Å². The molecule has 0 aromatic carbocycles. The van der Waals surface area contributed by atoms with Crippen LogP contribution in [-0.2, 0) is 9.84 Å². The van der Waals surface area contributed by atoms with Crippen molar-refractivity contribution in [2.75, 3.05) is 5.75 Å². The van der Waals surface area contributed by atoms with Gasteiger partial charge in [0.15, 0.2) is 9.84 Å². The number of nitrogens with two attached hydrogens (primary N) is 1. The largest absolute Gasteiger partial charge is 0.327 e. The molecule has 0 saturated carbocycles. The van der Waals surface area contributed by atoms with Crippen LogP contribution < -0.4 is 5.73 Å². The van der Waals surface area contributed by atoms with Crippen LogP contribution in [0.3, 0.4) is 0 Å².